The lowest BCUT2D eigenvalue weighted by molar-refractivity contribution is -0.118. The van der Waals surface area contributed by atoms with E-state index in [0.29, 0.717) is 17.7 Å². The number of carbonyl (C=O) groups excluding carboxylic acids is 2. The Morgan fingerprint density at radius 2 is 2.00 bits per heavy atom. The number of rotatable bonds is 7. The first-order chi connectivity index (χ1) is 9.04. The van der Waals surface area contributed by atoms with Crippen LogP contribution in [0.1, 0.15) is 31.7 Å². The average Bonchev–Trinajstić information content (AvgIpc) is 2.37. The summed E-state index contributed by atoms with van der Waals surface area (Å²) in [5.41, 5.74) is 12.3. The van der Waals surface area contributed by atoms with Crippen LogP contribution in [-0.4, -0.2) is 17.9 Å². The van der Waals surface area contributed by atoms with Gasteiger partial charge in [0.1, 0.15) is 0 Å². The van der Waals surface area contributed by atoms with E-state index in [1.807, 2.05) is 6.92 Å². The summed E-state index contributed by atoms with van der Waals surface area (Å²) in [4.78, 5) is 22.9. The van der Waals surface area contributed by atoms with Gasteiger partial charge in [-0.05, 0) is 18.1 Å². The van der Waals surface area contributed by atoms with Gasteiger partial charge in [-0.3, -0.25) is 9.59 Å². The summed E-state index contributed by atoms with van der Waals surface area (Å²) in [5.74, 6) is -0.664. The first kappa shape index (κ1) is 15.2. The zero-order chi connectivity index (χ0) is 14.3. The number of anilines is 1. The van der Waals surface area contributed by atoms with Crippen LogP contribution in [0.25, 0.3) is 0 Å². The van der Waals surface area contributed by atoms with Crippen molar-refractivity contribution in [2.45, 2.75) is 38.6 Å². The number of nitrogens with one attached hydrogen (secondary N) is 1. The van der Waals surface area contributed by atoms with Crippen molar-refractivity contribution in [1.82, 2.24) is 0 Å². The maximum atomic E-state index is 11.9. The maximum absolute atomic E-state index is 11.9. The molecule has 0 fully saturated rings. The number of amides is 2. The highest BCUT2D eigenvalue weighted by Crippen LogP contribution is 2.16. The molecule has 0 aliphatic rings. The Kier molecular flexibility index (Phi) is 6.02. The Bertz CT molecular complexity index is 446. The van der Waals surface area contributed by atoms with Gasteiger partial charge in [-0.15, -0.1) is 0 Å². The van der Waals surface area contributed by atoms with Gasteiger partial charge < -0.3 is 16.8 Å². The summed E-state index contributed by atoms with van der Waals surface area (Å²) in [5, 5.41) is 2.75. The van der Waals surface area contributed by atoms with Crippen LogP contribution in [0, 0.1) is 0 Å². The van der Waals surface area contributed by atoms with Crippen molar-refractivity contribution in [3.8, 4) is 0 Å². The Hall–Kier alpha value is -1.88. The molecule has 0 bridgehead atoms. The summed E-state index contributed by atoms with van der Waals surface area (Å²) in [6.07, 6.45) is 2.66. The van der Waals surface area contributed by atoms with Crippen LogP contribution >= 0.6 is 0 Å². The van der Waals surface area contributed by atoms with Crippen molar-refractivity contribution < 1.29 is 9.59 Å². The summed E-state index contributed by atoms with van der Waals surface area (Å²) in [6, 6.07) is 6.56. The molecule has 0 unspecified atom stereocenters. The van der Waals surface area contributed by atoms with Crippen LogP contribution in [0.15, 0.2) is 24.3 Å². The van der Waals surface area contributed by atoms with Gasteiger partial charge in [-0.2, -0.15) is 0 Å². The summed E-state index contributed by atoms with van der Waals surface area (Å²) >= 11 is 0. The molecule has 5 nitrogen and oxygen atoms in total. The van der Waals surface area contributed by atoms with Gasteiger partial charge in [-0.1, -0.05) is 38.0 Å². The number of para-hydroxylation sites is 1. The number of primary amides is 1. The molecule has 2 amide bonds. The number of benzene rings is 1. The van der Waals surface area contributed by atoms with Crippen molar-refractivity contribution in [2.75, 3.05) is 5.32 Å². The van der Waals surface area contributed by atoms with E-state index in [4.69, 9.17) is 11.5 Å². The molecule has 0 spiro atoms. The molecule has 1 aromatic carbocycles. The summed E-state index contributed by atoms with van der Waals surface area (Å²) < 4.78 is 0. The Balaban J connectivity index is 2.70. The fraction of sp³-hybridized carbons (Fsp3) is 0.429. The monoisotopic (exact) mass is 263 g/mol. The quantitative estimate of drug-likeness (QED) is 0.688. The van der Waals surface area contributed by atoms with Crippen molar-refractivity contribution >= 4 is 17.5 Å². The fourth-order valence-electron chi connectivity index (χ4n) is 1.76. The molecule has 0 aromatic heterocycles. The second-order valence-electron chi connectivity index (χ2n) is 4.54. The van der Waals surface area contributed by atoms with Crippen LogP contribution < -0.4 is 16.8 Å². The predicted octanol–water partition coefficient (Wildman–Crippen LogP) is 1.17. The van der Waals surface area contributed by atoms with Gasteiger partial charge in [0.2, 0.25) is 11.8 Å². The maximum Gasteiger partial charge on any atom is 0.241 e. The molecule has 1 aromatic rings. The average molecular weight is 263 g/mol. The number of unbranched alkanes of at least 4 members (excludes halogenated alkanes) is 1. The molecule has 0 radical (unpaired) electrons. The molecular weight excluding hydrogens is 242 g/mol. The van der Waals surface area contributed by atoms with Crippen LogP contribution in [0.5, 0.6) is 0 Å². The van der Waals surface area contributed by atoms with E-state index in [1.54, 1.807) is 24.3 Å². The highest BCUT2D eigenvalue weighted by Gasteiger charge is 2.14. The summed E-state index contributed by atoms with van der Waals surface area (Å²) in [7, 11) is 0. The molecule has 0 aliphatic heterocycles. The number of hydrogen-bond donors (Lipinski definition) is 3. The summed E-state index contributed by atoms with van der Waals surface area (Å²) in [6.45, 7) is 2.05. The Morgan fingerprint density at radius 1 is 1.32 bits per heavy atom. The largest absolute Gasteiger partial charge is 0.369 e. The smallest absolute Gasteiger partial charge is 0.241 e. The van der Waals surface area contributed by atoms with Gasteiger partial charge >= 0.3 is 0 Å². The minimum absolute atomic E-state index is 0.0979. The van der Waals surface area contributed by atoms with Crippen LogP contribution in [0.3, 0.4) is 0 Å². The van der Waals surface area contributed by atoms with E-state index in [9.17, 15) is 9.59 Å². The minimum atomic E-state index is -0.526. The van der Waals surface area contributed by atoms with Gasteiger partial charge in [0, 0.05) is 5.69 Å². The minimum Gasteiger partial charge on any atom is -0.369 e. The molecule has 0 saturated heterocycles. The highest BCUT2D eigenvalue weighted by molar-refractivity contribution is 5.96. The topological polar surface area (TPSA) is 98.2 Å². The molecule has 104 valence electrons. The van der Waals surface area contributed by atoms with Gasteiger partial charge in [0.15, 0.2) is 0 Å². The van der Waals surface area contributed by atoms with Crippen LogP contribution in [-0.2, 0) is 16.0 Å². The Morgan fingerprint density at radius 3 is 2.63 bits per heavy atom. The molecule has 5 heteroatoms. The zero-order valence-electron chi connectivity index (χ0n) is 11.2. The lowest BCUT2D eigenvalue weighted by atomic mass is 10.1. The second-order valence-corrected chi connectivity index (χ2v) is 4.54. The van der Waals surface area contributed by atoms with Crippen molar-refractivity contribution in [3.05, 3.63) is 29.8 Å². The van der Waals surface area contributed by atoms with Crippen molar-refractivity contribution in [2.24, 2.45) is 11.5 Å². The first-order valence-corrected chi connectivity index (χ1v) is 6.47. The molecule has 5 N–H and O–H groups in total. The molecule has 0 heterocycles. The Labute approximate surface area is 113 Å². The van der Waals surface area contributed by atoms with E-state index >= 15 is 0 Å². The normalized spacial score (nSPS) is 11.9. The van der Waals surface area contributed by atoms with Gasteiger partial charge in [0.05, 0.1) is 12.5 Å². The lowest BCUT2D eigenvalue weighted by Crippen LogP contribution is -2.35. The molecule has 0 aliphatic carbocycles. The zero-order valence-corrected chi connectivity index (χ0v) is 11.2. The third kappa shape index (κ3) is 5.09. The first-order valence-electron chi connectivity index (χ1n) is 6.47. The second kappa shape index (κ2) is 7.53. The molecule has 1 atom stereocenters. The molecule has 1 rings (SSSR count). The molecule has 19 heavy (non-hydrogen) atoms. The van der Waals surface area contributed by atoms with E-state index in [0.717, 1.165) is 12.8 Å². The van der Waals surface area contributed by atoms with Crippen molar-refractivity contribution in [1.29, 1.82) is 0 Å². The molecular formula is C14H21N3O2. The number of nitrogens with two attached hydrogens (primary N) is 2. The van der Waals surface area contributed by atoms with Crippen LogP contribution in [0.2, 0.25) is 0 Å². The predicted molar refractivity (Wildman–Crippen MR) is 75.5 cm³/mol. The van der Waals surface area contributed by atoms with Crippen LogP contribution in [0.4, 0.5) is 5.69 Å². The lowest BCUT2D eigenvalue weighted by Gasteiger charge is -2.14. The van der Waals surface area contributed by atoms with Crippen molar-refractivity contribution in [3.63, 3.8) is 0 Å². The van der Waals surface area contributed by atoms with Gasteiger partial charge in [-0.25, -0.2) is 0 Å². The SMILES string of the molecule is CCCC[C@H](N)C(=O)Nc1ccccc1CC(N)=O. The third-order valence-electron chi connectivity index (χ3n) is 2.85. The standard InChI is InChI=1S/C14H21N3O2/c1-2-3-7-11(15)14(19)17-12-8-5-4-6-10(12)9-13(16)18/h4-6,8,11H,2-3,7,9,15H2,1H3,(H2,16,18)(H,17,19)/t11-/m0/s1. The highest BCUT2D eigenvalue weighted by atomic mass is 16.2. The number of hydrogen-bond acceptors (Lipinski definition) is 3. The van der Waals surface area contributed by atoms with E-state index in [2.05, 4.69) is 5.32 Å². The number of carbonyl (C=O) groups is 2. The van der Waals surface area contributed by atoms with E-state index in [1.165, 1.54) is 0 Å². The van der Waals surface area contributed by atoms with E-state index in [-0.39, 0.29) is 12.3 Å². The van der Waals surface area contributed by atoms with Gasteiger partial charge in [0.25, 0.3) is 0 Å². The molecule has 0 saturated carbocycles. The fourth-order valence-corrected chi connectivity index (χ4v) is 1.76. The third-order valence-corrected chi connectivity index (χ3v) is 2.85. The van der Waals surface area contributed by atoms with E-state index < -0.39 is 11.9 Å².